The van der Waals surface area contributed by atoms with E-state index in [1.807, 2.05) is 19.9 Å². The number of carbonyl (C=O) groups excluding carboxylic acids is 1. The van der Waals surface area contributed by atoms with Crippen LogP contribution in [0.4, 0.5) is 0 Å². The average molecular weight is 359 g/mol. The number of aromatic nitrogens is 1. The van der Waals surface area contributed by atoms with E-state index in [1.54, 1.807) is 41.6 Å². The molecule has 7 heteroatoms. The summed E-state index contributed by atoms with van der Waals surface area (Å²) in [7, 11) is -3.53. The fourth-order valence-corrected chi connectivity index (χ4v) is 4.34. The summed E-state index contributed by atoms with van der Waals surface area (Å²) in [4.78, 5) is 18.3. The molecule has 1 aliphatic heterocycles. The molecule has 0 N–H and O–H groups in total. The number of hydrogen-bond donors (Lipinski definition) is 0. The molecule has 0 unspecified atom stereocenters. The monoisotopic (exact) mass is 359 g/mol. The quantitative estimate of drug-likeness (QED) is 0.838. The number of piperazine rings is 1. The van der Waals surface area contributed by atoms with Crippen LogP contribution in [0.1, 0.15) is 21.5 Å². The lowest BCUT2D eigenvalue weighted by molar-refractivity contribution is 0.0698. The molecule has 0 bridgehead atoms. The Bertz CT molecular complexity index is 874. The van der Waals surface area contributed by atoms with Crippen LogP contribution in [0.25, 0.3) is 0 Å². The molecule has 25 heavy (non-hydrogen) atoms. The Labute approximate surface area is 148 Å². The van der Waals surface area contributed by atoms with Gasteiger partial charge in [0, 0.05) is 44.1 Å². The molecule has 3 rings (SSSR count). The van der Waals surface area contributed by atoms with Crippen LogP contribution in [-0.4, -0.2) is 54.7 Å². The predicted octanol–water partition coefficient (Wildman–Crippen LogP) is 1.85. The molecule has 1 aromatic heterocycles. The van der Waals surface area contributed by atoms with E-state index in [9.17, 15) is 13.2 Å². The van der Waals surface area contributed by atoms with Crippen LogP contribution in [0, 0.1) is 13.8 Å². The molecule has 1 saturated heterocycles. The number of pyridine rings is 1. The Morgan fingerprint density at radius 2 is 1.60 bits per heavy atom. The zero-order valence-electron chi connectivity index (χ0n) is 14.3. The number of carbonyl (C=O) groups is 1. The van der Waals surface area contributed by atoms with Crippen LogP contribution in [0.2, 0.25) is 0 Å². The number of amides is 1. The van der Waals surface area contributed by atoms with E-state index in [2.05, 4.69) is 4.98 Å². The zero-order chi connectivity index (χ0) is 18.0. The number of aryl methyl sites for hydroxylation is 2. The minimum Gasteiger partial charge on any atom is -0.336 e. The second-order valence-electron chi connectivity index (χ2n) is 6.18. The number of rotatable bonds is 3. The summed E-state index contributed by atoms with van der Waals surface area (Å²) < 4.78 is 27.1. The van der Waals surface area contributed by atoms with Crippen LogP contribution in [0.5, 0.6) is 0 Å². The Hall–Kier alpha value is -2.25. The van der Waals surface area contributed by atoms with Crippen molar-refractivity contribution in [2.75, 3.05) is 26.2 Å². The smallest absolute Gasteiger partial charge is 0.254 e. The molecule has 1 aromatic carbocycles. The summed E-state index contributed by atoms with van der Waals surface area (Å²) in [6.07, 6.45) is 3.15. The highest BCUT2D eigenvalue weighted by Crippen LogP contribution is 2.21. The highest BCUT2D eigenvalue weighted by molar-refractivity contribution is 7.89. The molecule has 132 valence electrons. The number of hydrogen-bond acceptors (Lipinski definition) is 4. The lowest BCUT2D eigenvalue weighted by Crippen LogP contribution is -2.50. The van der Waals surface area contributed by atoms with Gasteiger partial charge in [-0.3, -0.25) is 9.78 Å². The van der Waals surface area contributed by atoms with E-state index >= 15 is 0 Å². The minimum absolute atomic E-state index is 0.0920. The largest absolute Gasteiger partial charge is 0.336 e. The van der Waals surface area contributed by atoms with Crippen LogP contribution >= 0.6 is 0 Å². The molecule has 2 aromatic rings. The van der Waals surface area contributed by atoms with Crippen molar-refractivity contribution in [3.8, 4) is 0 Å². The van der Waals surface area contributed by atoms with E-state index in [1.165, 1.54) is 4.31 Å². The van der Waals surface area contributed by atoms with Crippen molar-refractivity contribution in [2.24, 2.45) is 0 Å². The third kappa shape index (κ3) is 3.57. The van der Waals surface area contributed by atoms with Gasteiger partial charge in [0.25, 0.3) is 5.91 Å². The standard InChI is InChI=1S/C18H21N3O3S/c1-14-3-4-17(13-15(14)2)25(23,24)21-11-9-20(10-12-21)18(22)16-5-7-19-8-6-16/h3-8,13H,9-12H2,1-2H3. The van der Waals surface area contributed by atoms with Gasteiger partial charge < -0.3 is 4.90 Å². The zero-order valence-corrected chi connectivity index (χ0v) is 15.2. The summed E-state index contributed by atoms with van der Waals surface area (Å²) in [6.45, 7) is 5.21. The number of sulfonamides is 1. The summed E-state index contributed by atoms with van der Waals surface area (Å²) in [5.74, 6) is -0.0920. The van der Waals surface area contributed by atoms with Gasteiger partial charge in [-0.15, -0.1) is 0 Å². The van der Waals surface area contributed by atoms with Gasteiger partial charge in [0.15, 0.2) is 0 Å². The fraction of sp³-hybridized carbons (Fsp3) is 0.333. The maximum atomic E-state index is 12.8. The Morgan fingerprint density at radius 3 is 2.20 bits per heavy atom. The maximum Gasteiger partial charge on any atom is 0.254 e. The highest BCUT2D eigenvalue weighted by atomic mass is 32.2. The van der Waals surface area contributed by atoms with Crippen molar-refractivity contribution in [1.29, 1.82) is 0 Å². The van der Waals surface area contributed by atoms with Crippen LogP contribution < -0.4 is 0 Å². The normalized spacial score (nSPS) is 16.0. The molecule has 0 radical (unpaired) electrons. The summed E-state index contributed by atoms with van der Waals surface area (Å²) in [5, 5.41) is 0. The van der Waals surface area contributed by atoms with Crippen molar-refractivity contribution in [3.63, 3.8) is 0 Å². The summed E-state index contributed by atoms with van der Waals surface area (Å²) >= 11 is 0. The minimum atomic E-state index is -3.53. The van der Waals surface area contributed by atoms with Crippen molar-refractivity contribution < 1.29 is 13.2 Å². The summed E-state index contributed by atoms with van der Waals surface area (Å²) in [5.41, 5.74) is 2.58. The van der Waals surface area contributed by atoms with Crippen LogP contribution in [-0.2, 0) is 10.0 Å². The van der Waals surface area contributed by atoms with Crippen LogP contribution in [0.15, 0.2) is 47.6 Å². The molecule has 0 spiro atoms. The molecule has 0 saturated carbocycles. The molecule has 6 nitrogen and oxygen atoms in total. The predicted molar refractivity (Wildman–Crippen MR) is 94.8 cm³/mol. The van der Waals surface area contributed by atoms with E-state index in [-0.39, 0.29) is 5.91 Å². The molecule has 1 fully saturated rings. The Kier molecular flexibility index (Phi) is 4.87. The molecule has 0 aliphatic carbocycles. The second kappa shape index (κ2) is 6.93. The number of nitrogens with zero attached hydrogens (tertiary/aromatic N) is 3. The van der Waals surface area contributed by atoms with Gasteiger partial charge in [0.05, 0.1) is 4.90 Å². The molecule has 1 aliphatic rings. The van der Waals surface area contributed by atoms with Crippen molar-refractivity contribution in [3.05, 3.63) is 59.4 Å². The van der Waals surface area contributed by atoms with Crippen molar-refractivity contribution in [1.82, 2.24) is 14.2 Å². The topological polar surface area (TPSA) is 70.6 Å². The lowest BCUT2D eigenvalue weighted by Gasteiger charge is -2.34. The first-order valence-corrected chi connectivity index (χ1v) is 9.60. The Morgan fingerprint density at radius 1 is 0.960 bits per heavy atom. The van der Waals surface area contributed by atoms with Gasteiger partial charge in [0.1, 0.15) is 0 Å². The first kappa shape index (κ1) is 17.6. The highest BCUT2D eigenvalue weighted by Gasteiger charge is 2.30. The van der Waals surface area contributed by atoms with Crippen molar-refractivity contribution in [2.45, 2.75) is 18.7 Å². The maximum absolute atomic E-state index is 12.8. The van der Waals surface area contributed by atoms with Gasteiger partial charge in [0.2, 0.25) is 10.0 Å². The molecule has 0 atom stereocenters. The van der Waals surface area contributed by atoms with Crippen LogP contribution in [0.3, 0.4) is 0 Å². The van der Waals surface area contributed by atoms with Gasteiger partial charge in [-0.1, -0.05) is 6.07 Å². The average Bonchev–Trinajstić information content (AvgIpc) is 2.64. The first-order chi connectivity index (χ1) is 11.9. The van der Waals surface area contributed by atoms with Gasteiger partial charge in [-0.2, -0.15) is 4.31 Å². The van der Waals surface area contributed by atoms with E-state index in [4.69, 9.17) is 0 Å². The van der Waals surface area contributed by atoms with E-state index in [0.29, 0.717) is 36.6 Å². The molecule has 1 amide bonds. The lowest BCUT2D eigenvalue weighted by atomic mass is 10.1. The number of benzene rings is 1. The molecular formula is C18H21N3O3S. The molecular weight excluding hydrogens is 338 g/mol. The second-order valence-corrected chi connectivity index (χ2v) is 8.12. The molecule has 2 heterocycles. The summed E-state index contributed by atoms with van der Waals surface area (Å²) in [6, 6.07) is 8.51. The van der Waals surface area contributed by atoms with Gasteiger partial charge in [-0.25, -0.2) is 8.42 Å². The third-order valence-corrected chi connectivity index (χ3v) is 6.46. The van der Waals surface area contributed by atoms with Gasteiger partial charge in [-0.05, 0) is 49.2 Å². The van der Waals surface area contributed by atoms with Crippen molar-refractivity contribution >= 4 is 15.9 Å². The fourth-order valence-electron chi connectivity index (χ4n) is 2.83. The van der Waals surface area contributed by atoms with E-state index in [0.717, 1.165) is 11.1 Å². The van der Waals surface area contributed by atoms with E-state index < -0.39 is 10.0 Å². The van der Waals surface area contributed by atoms with Gasteiger partial charge >= 0.3 is 0 Å². The SMILES string of the molecule is Cc1ccc(S(=O)(=O)N2CCN(C(=O)c3ccncc3)CC2)cc1C. The third-order valence-electron chi connectivity index (χ3n) is 4.57. The first-order valence-electron chi connectivity index (χ1n) is 8.16. The Balaban J connectivity index is 1.71.